The number of ether oxygens (including phenoxy) is 1. The van der Waals surface area contributed by atoms with E-state index in [1.807, 2.05) is 54.6 Å². The number of benzene rings is 3. The number of nitrogens with one attached hydrogen (secondary N) is 2. The summed E-state index contributed by atoms with van der Waals surface area (Å²) in [5, 5.41) is 5.88. The molecule has 1 aliphatic rings. The van der Waals surface area contributed by atoms with Crippen LogP contribution in [0.5, 0.6) is 5.75 Å². The van der Waals surface area contributed by atoms with Gasteiger partial charge in [0.1, 0.15) is 11.8 Å². The van der Waals surface area contributed by atoms with E-state index in [1.165, 1.54) is 17.9 Å². The number of aliphatic imine (C=N–C) groups is 1. The Morgan fingerprint density at radius 2 is 1.73 bits per heavy atom. The van der Waals surface area contributed by atoms with Crippen molar-refractivity contribution in [2.75, 3.05) is 18.6 Å². The zero-order valence-electron chi connectivity index (χ0n) is 20.1. The number of anilines is 1. The molecular weight excluding hydrogens is 515 g/mol. The molecule has 0 saturated heterocycles. The molecule has 3 aromatic carbocycles. The predicted octanol–water partition coefficient (Wildman–Crippen LogP) is 3.83. The number of fused-ring (bicyclic) bond motifs is 1. The van der Waals surface area contributed by atoms with Crippen molar-refractivity contribution < 1.29 is 19.1 Å². The van der Waals surface area contributed by atoms with Crippen molar-refractivity contribution in [2.45, 2.75) is 19.1 Å². The largest absolute Gasteiger partial charge is 0.484 e. The minimum atomic E-state index is -1.19. The van der Waals surface area contributed by atoms with Crippen LogP contribution in [-0.4, -0.2) is 49.3 Å². The van der Waals surface area contributed by atoms with Crippen LogP contribution in [0.2, 0.25) is 10.0 Å². The number of hydrogen-bond donors (Lipinski definition) is 2. The zero-order chi connectivity index (χ0) is 26.5. The summed E-state index contributed by atoms with van der Waals surface area (Å²) in [6.45, 7) is 1.17. The minimum absolute atomic E-state index is 0.294. The fourth-order valence-electron chi connectivity index (χ4n) is 3.77. The minimum Gasteiger partial charge on any atom is -0.484 e. The number of halogens is 2. The Kier molecular flexibility index (Phi) is 8.11. The van der Waals surface area contributed by atoms with Crippen molar-refractivity contribution >= 4 is 52.3 Å². The van der Waals surface area contributed by atoms with E-state index in [-0.39, 0.29) is 6.61 Å². The fourth-order valence-corrected chi connectivity index (χ4v) is 4.05. The SMILES string of the molecule is C[C@H](NC(=O)COc1ccc(Cl)c(Cl)c1)C(=O)NC1N=C(c2ccccc2)c2ccccc2N(C)C1=O. The maximum Gasteiger partial charge on any atom is 0.272 e. The van der Waals surface area contributed by atoms with Crippen LogP contribution in [-0.2, 0) is 14.4 Å². The predicted molar refractivity (Wildman–Crippen MR) is 143 cm³/mol. The lowest BCUT2D eigenvalue weighted by Crippen LogP contribution is -2.52. The molecule has 2 N–H and O–H groups in total. The Morgan fingerprint density at radius 3 is 2.46 bits per heavy atom. The van der Waals surface area contributed by atoms with Crippen LogP contribution in [0.25, 0.3) is 0 Å². The number of rotatable bonds is 7. The van der Waals surface area contributed by atoms with Gasteiger partial charge in [-0.15, -0.1) is 0 Å². The van der Waals surface area contributed by atoms with Gasteiger partial charge in [-0.3, -0.25) is 14.4 Å². The Morgan fingerprint density at radius 1 is 1.03 bits per heavy atom. The number of nitrogens with zero attached hydrogens (tertiary/aromatic N) is 2. The molecule has 0 fully saturated rings. The molecule has 4 rings (SSSR count). The first-order chi connectivity index (χ1) is 17.7. The van der Waals surface area contributed by atoms with Crippen molar-refractivity contribution in [3.05, 3.63) is 94.0 Å². The molecule has 0 radical (unpaired) electrons. The van der Waals surface area contributed by atoms with Crippen LogP contribution in [0.4, 0.5) is 5.69 Å². The Bertz CT molecular complexity index is 1360. The van der Waals surface area contributed by atoms with Gasteiger partial charge >= 0.3 is 0 Å². The van der Waals surface area contributed by atoms with Crippen LogP contribution in [0.3, 0.4) is 0 Å². The summed E-state index contributed by atoms with van der Waals surface area (Å²) in [5.74, 6) is -1.15. The first kappa shape index (κ1) is 26.2. The average Bonchev–Trinajstić information content (AvgIpc) is 3.00. The third-order valence-corrected chi connectivity index (χ3v) is 6.44. The quantitative estimate of drug-likeness (QED) is 0.477. The van der Waals surface area contributed by atoms with Crippen LogP contribution in [0.1, 0.15) is 18.1 Å². The molecule has 37 heavy (non-hydrogen) atoms. The molecule has 8 nitrogen and oxygen atoms in total. The molecule has 190 valence electrons. The molecule has 0 spiro atoms. The Hall–Kier alpha value is -3.88. The highest BCUT2D eigenvalue weighted by Crippen LogP contribution is 2.27. The number of amides is 3. The van der Waals surface area contributed by atoms with Gasteiger partial charge in [0.25, 0.3) is 11.8 Å². The van der Waals surface area contributed by atoms with Gasteiger partial charge in [-0.1, -0.05) is 71.7 Å². The number of carbonyl (C=O) groups is 3. The lowest BCUT2D eigenvalue weighted by atomic mass is 10.0. The van der Waals surface area contributed by atoms with E-state index in [4.69, 9.17) is 27.9 Å². The van der Waals surface area contributed by atoms with Gasteiger partial charge in [-0.05, 0) is 25.1 Å². The first-order valence-corrected chi connectivity index (χ1v) is 12.2. The molecular formula is C27H24Cl2N4O4. The Balaban J connectivity index is 1.47. The first-order valence-electron chi connectivity index (χ1n) is 11.4. The van der Waals surface area contributed by atoms with E-state index in [9.17, 15) is 14.4 Å². The summed E-state index contributed by atoms with van der Waals surface area (Å²) in [6, 6.07) is 20.5. The molecule has 3 aromatic rings. The third kappa shape index (κ3) is 6.10. The highest BCUT2D eigenvalue weighted by molar-refractivity contribution is 6.42. The number of benzodiazepines with no additional fused rings is 1. The molecule has 2 atom stereocenters. The molecule has 0 bridgehead atoms. The lowest BCUT2D eigenvalue weighted by Gasteiger charge is -2.22. The van der Waals surface area contributed by atoms with E-state index in [0.29, 0.717) is 27.2 Å². The second-order valence-corrected chi connectivity index (χ2v) is 9.14. The molecule has 1 aliphatic heterocycles. The standard InChI is InChI=1S/C27H24Cl2N4O4/c1-16(30-23(34)15-37-18-12-13-20(28)21(29)14-18)26(35)32-25-27(36)33(2)22-11-7-6-10-19(22)24(31-25)17-8-4-3-5-9-17/h3-14,16,25H,15H2,1-2H3,(H,30,34)(H,32,35)/t16-,25?/m0/s1. The second kappa shape index (κ2) is 11.5. The highest BCUT2D eigenvalue weighted by Gasteiger charge is 2.32. The van der Waals surface area contributed by atoms with Crippen molar-refractivity contribution in [2.24, 2.45) is 4.99 Å². The number of hydrogen-bond acceptors (Lipinski definition) is 5. The third-order valence-electron chi connectivity index (χ3n) is 5.70. The summed E-state index contributed by atoms with van der Waals surface area (Å²) >= 11 is 11.8. The summed E-state index contributed by atoms with van der Waals surface area (Å²) in [5.41, 5.74) is 2.82. The molecule has 0 saturated carbocycles. The highest BCUT2D eigenvalue weighted by atomic mass is 35.5. The van der Waals surface area contributed by atoms with E-state index in [2.05, 4.69) is 15.6 Å². The molecule has 0 aliphatic carbocycles. The monoisotopic (exact) mass is 538 g/mol. The average molecular weight is 539 g/mol. The van der Waals surface area contributed by atoms with Gasteiger partial charge in [0.05, 0.1) is 21.4 Å². The van der Waals surface area contributed by atoms with Crippen molar-refractivity contribution in [3.63, 3.8) is 0 Å². The second-order valence-electron chi connectivity index (χ2n) is 8.32. The maximum atomic E-state index is 13.3. The summed E-state index contributed by atoms with van der Waals surface area (Å²) in [6.07, 6.45) is -1.19. The maximum absolute atomic E-state index is 13.3. The summed E-state index contributed by atoms with van der Waals surface area (Å²) in [7, 11) is 1.63. The molecule has 3 amide bonds. The fraction of sp³-hybridized carbons (Fsp3) is 0.185. The zero-order valence-corrected chi connectivity index (χ0v) is 21.6. The van der Waals surface area contributed by atoms with Gasteiger partial charge in [-0.25, -0.2) is 4.99 Å². The lowest BCUT2D eigenvalue weighted by molar-refractivity contribution is -0.131. The van der Waals surface area contributed by atoms with Gasteiger partial charge in [0, 0.05) is 24.2 Å². The number of likely N-dealkylation sites (N-methyl/N-ethyl adjacent to an activating group) is 1. The number of para-hydroxylation sites is 1. The molecule has 1 heterocycles. The van der Waals surface area contributed by atoms with Gasteiger partial charge in [0.2, 0.25) is 12.1 Å². The van der Waals surface area contributed by atoms with Gasteiger partial charge in [0.15, 0.2) is 6.61 Å². The summed E-state index contributed by atoms with van der Waals surface area (Å²) in [4.78, 5) is 44.7. The van der Waals surface area contributed by atoms with E-state index in [0.717, 1.165) is 11.1 Å². The van der Waals surface area contributed by atoms with Crippen LogP contribution >= 0.6 is 23.2 Å². The normalized spacial score (nSPS) is 15.7. The van der Waals surface area contributed by atoms with Crippen molar-refractivity contribution in [1.82, 2.24) is 10.6 Å². The smallest absolute Gasteiger partial charge is 0.272 e. The van der Waals surface area contributed by atoms with Gasteiger partial charge in [-0.2, -0.15) is 0 Å². The van der Waals surface area contributed by atoms with E-state index >= 15 is 0 Å². The van der Waals surface area contributed by atoms with Crippen molar-refractivity contribution in [3.8, 4) is 5.75 Å². The van der Waals surface area contributed by atoms with E-state index in [1.54, 1.807) is 19.2 Å². The van der Waals surface area contributed by atoms with E-state index < -0.39 is 29.9 Å². The molecule has 0 aromatic heterocycles. The number of carbonyl (C=O) groups excluding carboxylic acids is 3. The van der Waals surface area contributed by atoms with Gasteiger partial charge < -0.3 is 20.3 Å². The van der Waals surface area contributed by atoms with Crippen molar-refractivity contribution in [1.29, 1.82) is 0 Å². The molecule has 10 heteroatoms. The Labute approximate surface area is 224 Å². The van der Waals surface area contributed by atoms with Crippen LogP contribution < -0.4 is 20.3 Å². The summed E-state index contributed by atoms with van der Waals surface area (Å²) < 4.78 is 5.41. The van der Waals surface area contributed by atoms with Crippen LogP contribution in [0, 0.1) is 0 Å². The molecule has 1 unspecified atom stereocenters. The van der Waals surface area contributed by atoms with Crippen LogP contribution in [0.15, 0.2) is 77.8 Å². The topological polar surface area (TPSA) is 100 Å².